The molecule has 1 fully saturated rings. The van der Waals surface area contributed by atoms with Gasteiger partial charge in [0.25, 0.3) is 0 Å². The van der Waals surface area contributed by atoms with Gasteiger partial charge in [-0.15, -0.1) is 0 Å². The minimum Gasteiger partial charge on any atom is -0.489 e. The molecule has 0 bridgehead atoms. The molecule has 13 heteroatoms. The van der Waals surface area contributed by atoms with Crippen LogP contribution >= 0.6 is 0 Å². The van der Waals surface area contributed by atoms with Crippen molar-refractivity contribution in [1.82, 2.24) is 14.9 Å². The number of nitrogens with zero attached hydrogens (tertiary/aromatic N) is 2. The number of aromatic nitrogens is 2. The van der Waals surface area contributed by atoms with Crippen molar-refractivity contribution < 1.29 is 33.3 Å². The summed E-state index contributed by atoms with van der Waals surface area (Å²) in [6, 6.07) is 14.7. The molecule has 0 radical (unpaired) electrons. The Balaban J connectivity index is 1.20. The van der Waals surface area contributed by atoms with Gasteiger partial charge < -0.3 is 39.1 Å². The number of hydrogen-bond donors (Lipinski definition) is 3. The topological polar surface area (TPSA) is 142 Å². The zero-order valence-electron chi connectivity index (χ0n) is 25.7. The molecule has 0 spiro atoms. The van der Waals surface area contributed by atoms with Gasteiger partial charge in [-0.1, -0.05) is 57.2 Å². The highest BCUT2D eigenvalue weighted by molar-refractivity contribution is 6.74. The highest BCUT2D eigenvalue weighted by Gasteiger charge is 2.45. The van der Waals surface area contributed by atoms with E-state index in [1.165, 1.54) is 4.57 Å². The fraction of sp³-hybridized carbons (Fsp3) is 0.452. The third kappa shape index (κ3) is 7.07. The van der Waals surface area contributed by atoms with Crippen molar-refractivity contribution in [2.75, 3.05) is 25.1 Å². The zero-order chi connectivity index (χ0) is 31.5. The van der Waals surface area contributed by atoms with Gasteiger partial charge in [-0.3, -0.25) is 4.57 Å². The Hall–Kier alpha value is -3.91. The van der Waals surface area contributed by atoms with E-state index in [-0.39, 0.29) is 43.3 Å². The Labute approximate surface area is 257 Å². The van der Waals surface area contributed by atoms with Gasteiger partial charge in [0.2, 0.25) is 0 Å². The summed E-state index contributed by atoms with van der Waals surface area (Å²) in [5.74, 6) is 1.53. The molecule has 0 aliphatic carbocycles. The third-order valence-corrected chi connectivity index (χ3v) is 12.6. The standard InChI is InChI=1S/C31H40N4O8Si/c1-31(2,3)44(4,5)43-23-16-26(42-25(23)18-36)35-17-24-28(34-29(35)37)33-27-21(12-9-13-22(27)41-24)39-15-14-32-30(38)40-19-20-10-7-6-8-11-20/h6-13,17,23,25-26,36H,14-16,18-19H2,1-5H3,(H,32,38)(H,33,34,37)/t23-,25-,26-/m1/s1. The molecule has 1 aromatic heterocycles. The maximum Gasteiger partial charge on any atom is 0.407 e. The summed E-state index contributed by atoms with van der Waals surface area (Å²) in [7, 11) is -2.14. The first-order valence-electron chi connectivity index (χ1n) is 14.7. The maximum absolute atomic E-state index is 13.1. The van der Waals surface area contributed by atoms with E-state index in [4.69, 9.17) is 23.4 Å². The number of ether oxygens (including phenoxy) is 4. The van der Waals surface area contributed by atoms with Crippen LogP contribution in [0, 0.1) is 0 Å². The average molecular weight is 625 g/mol. The van der Waals surface area contributed by atoms with Crippen molar-refractivity contribution in [1.29, 1.82) is 0 Å². The molecule has 1 saturated heterocycles. The number of aliphatic hydroxyl groups is 1. The van der Waals surface area contributed by atoms with Crippen molar-refractivity contribution in [2.24, 2.45) is 0 Å². The van der Waals surface area contributed by atoms with Gasteiger partial charge in [-0.25, -0.2) is 9.59 Å². The summed E-state index contributed by atoms with van der Waals surface area (Å²) in [5.41, 5.74) is 0.873. The summed E-state index contributed by atoms with van der Waals surface area (Å²) in [5, 5.41) is 15.8. The zero-order valence-corrected chi connectivity index (χ0v) is 26.7. The number of aliphatic hydroxyl groups excluding tert-OH is 1. The number of alkyl carbamates (subject to hydrolysis) is 1. The van der Waals surface area contributed by atoms with Crippen molar-refractivity contribution in [3.8, 4) is 17.2 Å². The van der Waals surface area contributed by atoms with Gasteiger partial charge >= 0.3 is 11.8 Å². The van der Waals surface area contributed by atoms with Crippen molar-refractivity contribution in [2.45, 2.75) is 70.4 Å². The Morgan fingerprint density at radius 1 is 1.16 bits per heavy atom. The SMILES string of the molecule is CC(C)(C)[Si](C)(C)O[C@@H]1C[C@H](n2cc3c(nc2=O)Nc2c(OCCNC(=O)OCc4ccccc4)cccc2O3)O[C@@H]1CO. The highest BCUT2D eigenvalue weighted by Crippen LogP contribution is 2.46. The second-order valence-corrected chi connectivity index (χ2v) is 17.1. The number of carbonyl (C=O) groups excluding carboxylic acids is 1. The molecule has 2 aliphatic heterocycles. The summed E-state index contributed by atoms with van der Waals surface area (Å²) in [6.45, 7) is 11.1. The first-order valence-corrected chi connectivity index (χ1v) is 17.6. The summed E-state index contributed by atoms with van der Waals surface area (Å²) >= 11 is 0. The van der Waals surface area contributed by atoms with Crippen LogP contribution in [0.5, 0.6) is 17.2 Å². The molecule has 236 valence electrons. The lowest BCUT2D eigenvalue weighted by Crippen LogP contribution is -2.46. The van der Waals surface area contributed by atoms with E-state index in [9.17, 15) is 14.7 Å². The molecule has 3 N–H and O–H groups in total. The molecule has 2 aromatic carbocycles. The predicted octanol–water partition coefficient (Wildman–Crippen LogP) is 5.07. The average Bonchev–Trinajstić information content (AvgIpc) is 3.38. The molecular formula is C31H40N4O8Si. The number of nitrogens with one attached hydrogen (secondary N) is 2. The lowest BCUT2D eigenvalue weighted by atomic mass is 10.2. The summed E-state index contributed by atoms with van der Waals surface area (Å²) in [4.78, 5) is 29.4. The molecule has 1 amide bonds. The number of hydrogen-bond acceptors (Lipinski definition) is 10. The van der Waals surface area contributed by atoms with Crippen LogP contribution in [0.2, 0.25) is 18.1 Å². The molecule has 44 heavy (non-hydrogen) atoms. The molecule has 0 unspecified atom stereocenters. The largest absolute Gasteiger partial charge is 0.489 e. The number of fused-ring (bicyclic) bond motifs is 2. The fourth-order valence-electron chi connectivity index (χ4n) is 4.70. The van der Waals surface area contributed by atoms with Crippen molar-refractivity contribution >= 4 is 25.9 Å². The van der Waals surface area contributed by atoms with E-state index in [1.807, 2.05) is 30.3 Å². The number of anilines is 2. The fourth-order valence-corrected chi connectivity index (χ4v) is 6.06. The van der Waals surface area contributed by atoms with Crippen LogP contribution in [0.15, 0.2) is 59.5 Å². The molecule has 3 heterocycles. The van der Waals surface area contributed by atoms with Gasteiger partial charge in [0.05, 0.1) is 25.5 Å². The Morgan fingerprint density at radius 2 is 1.93 bits per heavy atom. The van der Waals surface area contributed by atoms with E-state index in [0.717, 1.165) is 5.56 Å². The quantitative estimate of drug-likeness (QED) is 0.162. The lowest BCUT2D eigenvalue weighted by Gasteiger charge is -2.39. The number of rotatable bonds is 10. The number of amides is 1. The molecule has 0 saturated carbocycles. The smallest absolute Gasteiger partial charge is 0.407 e. The van der Waals surface area contributed by atoms with Crippen LogP contribution in [0.4, 0.5) is 16.3 Å². The van der Waals surface area contributed by atoms with Crippen molar-refractivity contribution in [3.05, 3.63) is 70.8 Å². The number of carbonyl (C=O) groups is 1. The molecule has 3 atom stereocenters. The van der Waals surface area contributed by atoms with Gasteiger partial charge in [-0.2, -0.15) is 4.98 Å². The van der Waals surface area contributed by atoms with Crippen molar-refractivity contribution in [3.63, 3.8) is 0 Å². The Morgan fingerprint density at radius 3 is 2.66 bits per heavy atom. The maximum atomic E-state index is 13.1. The number of benzene rings is 2. The van der Waals surface area contributed by atoms with Crippen LogP contribution in [0.3, 0.4) is 0 Å². The minimum atomic E-state index is -2.14. The van der Waals surface area contributed by atoms with E-state index in [2.05, 4.69) is 49.5 Å². The van der Waals surface area contributed by atoms with Gasteiger partial charge in [0, 0.05) is 6.42 Å². The summed E-state index contributed by atoms with van der Waals surface area (Å²) < 4.78 is 31.2. The monoisotopic (exact) mass is 624 g/mol. The van der Waals surface area contributed by atoms with E-state index < -0.39 is 32.4 Å². The third-order valence-electron chi connectivity index (χ3n) is 8.13. The molecule has 12 nitrogen and oxygen atoms in total. The molecule has 3 aromatic rings. The summed E-state index contributed by atoms with van der Waals surface area (Å²) in [6.07, 6.45) is -0.164. The Bertz CT molecular complexity index is 1530. The van der Waals surface area contributed by atoms with Crippen LogP contribution in [-0.4, -0.2) is 61.0 Å². The normalized spacial score (nSPS) is 19.3. The van der Waals surface area contributed by atoms with Gasteiger partial charge in [0.1, 0.15) is 37.0 Å². The van der Waals surface area contributed by atoms with Crippen LogP contribution in [-0.2, 0) is 20.5 Å². The minimum absolute atomic E-state index is 0.0182. The van der Waals surface area contributed by atoms with E-state index in [1.54, 1.807) is 24.4 Å². The van der Waals surface area contributed by atoms with E-state index >= 15 is 0 Å². The van der Waals surface area contributed by atoms with Gasteiger partial charge in [-0.05, 0) is 35.8 Å². The molecular weight excluding hydrogens is 584 g/mol. The van der Waals surface area contributed by atoms with Crippen LogP contribution in [0.25, 0.3) is 0 Å². The molecule has 2 aliphatic rings. The lowest BCUT2D eigenvalue weighted by molar-refractivity contribution is -0.0439. The Kier molecular flexibility index (Phi) is 9.30. The first-order chi connectivity index (χ1) is 20.9. The predicted molar refractivity (Wildman–Crippen MR) is 166 cm³/mol. The second-order valence-electron chi connectivity index (χ2n) is 12.3. The number of para-hydroxylation sites is 1. The second kappa shape index (κ2) is 13.0. The van der Waals surface area contributed by atoms with Crippen LogP contribution in [0.1, 0.15) is 39.0 Å². The van der Waals surface area contributed by atoms with Gasteiger partial charge in [0.15, 0.2) is 25.6 Å². The first kappa shape index (κ1) is 31.5. The van der Waals surface area contributed by atoms with E-state index in [0.29, 0.717) is 29.4 Å². The molecule has 5 rings (SSSR count). The highest BCUT2D eigenvalue weighted by atomic mass is 28.4. The van der Waals surface area contributed by atoms with Crippen LogP contribution < -0.4 is 25.8 Å².